The lowest BCUT2D eigenvalue weighted by molar-refractivity contribution is -0.133. The molecule has 2 rings (SSSR count). The van der Waals surface area contributed by atoms with Gasteiger partial charge in [0.1, 0.15) is 12.4 Å². The first kappa shape index (κ1) is 17.4. The number of hydrogen-bond acceptors (Lipinski definition) is 5. The molecule has 0 radical (unpaired) electrons. The van der Waals surface area contributed by atoms with Crippen LogP contribution in [0.1, 0.15) is 11.4 Å². The summed E-state index contributed by atoms with van der Waals surface area (Å²) in [7, 11) is 0. The number of aliphatic carboxylic acids is 1. The lowest BCUT2D eigenvalue weighted by Crippen LogP contribution is -2.08. The Morgan fingerprint density at radius 2 is 2.30 bits per heavy atom. The number of carboxylic acids is 1. The van der Waals surface area contributed by atoms with Crippen LogP contribution in [-0.2, 0) is 17.9 Å². The molecular formula is C15H16ClN3O3S. The Hall–Kier alpha value is -1.99. The van der Waals surface area contributed by atoms with Crippen LogP contribution >= 0.6 is 23.4 Å². The van der Waals surface area contributed by atoms with Gasteiger partial charge in [-0.3, -0.25) is 9.36 Å². The van der Waals surface area contributed by atoms with Crippen molar-refractivity contribution in [3.63, 3.8) is 0 Å². The quantitative estimate of drug-likeness (QED) is 0.580. The molecule has 0 fully saturated rings. The molecule has 2 aromatic rings. The monoisotopic (exact) mass is 353 g/mol. The van der Waals surface area contributed by atoms with E-state index < -0.39 is 5.97 Å². The number of thioether (sulfide) groups is 1. The second kappa shape index (κ2) is 8.03. The molecule has 0 spiro atoms. The largest absolute Gasteiger partial charge is 0.485 e. The first-order chi connectivity index (χ1) is 11.0. The Morgan fingerprint density at radius 3 is 2.96 bits per heavy atom. The van der Waals surface area contributed by atoms with Gasteiger partial charge in [0, 0.05) is 11.6 Å². The fraction of sp³-hybridized carbons (Fsp3) is 0.267. The Kier molecular flexibility index (Phi) is 6.06. The number of allylic oxidation sites excluding steroid dienone is 1. The average molecular weight is 354 g/mol. The number of hydrogen-bond donors (Lipinski definition) is 1. The number of halogens is 1. The highest BCUT2D eigenvalue weighted by Crippen LogP contribution is 2.23. The number of benzene rings is 1. The highest BCUT2D eigenvalue weighted by Gasteiger charge is 2.14. The topological polar surface area (TPSA) is 77.2 Å². The average Bonchev–Trinajstić information content (AvgIpc) is 2.87. The number of carboxylic acid groups (broad SMARTS) is 1. The highest BCUT2D eigenvalue weighted by atomic mass is 35.5. The maximum absolute atomic E-state index is 10.7. The third-order valence-corrected chi connectivity index (χ3v) is 4.11. The summed E-state index contributed by atoms with van der Waals surface area (Å²) >= 11 is 7.03. The number of carbonyl (C=O) groups is 1. The van der Waals surface area contributed by atoms with Gasteiger partial charge in [0.15, 0.2) is 11.0 Å². The van der Waals surface area contributed by atoms with Gasteiger partial charge >= 0.3 is 5.97 Å². The van der Waals surface area contributed by atoms with E-state index in [0.717, 1.165) is 17.3 Å². The molecule has 0 amide bonds. The van der Waals surface area contributed by atoms with Gasteiger partial charge in [-0.25, -0.2) is 0 Å². The minimum absolute atomic E-state index is 0.0770. The fourth-order valence-corrected chi connectivity index (χ4v) is 2.80. The second-order valence-electron chi connectivity index (χ2n) is 4.68. The minimum atomic E-state index is -0.905. The van der Waals surface area contributed by atoms with Crippen molar-refractivity contribution in [3.05, 3.63) is 47.3 Å². The van der Waals surface area contributed by atoms with E-state index in [9.17, 15) is 4.79 Å². The summed E-state index contributed by atoms with van der Waals surface area (Å²) in [5, 5.41) is 18.0. The van der Waals surface area contributed by atoms with E-state index >= 15 is 0 Å². The molecule has 1 aromatic carbocycles. The Morgan fingerprint density at radius 1 is 1.52 bits per heavy atom. The molecule has 0 atom stereocenters. The number of nitrogens with zero attached hydrogens (tertiary/aromatic N) is 3. The highest BCUT2D eigenvalue weighted by molar-refractivity contribution is 7.99. The summed E-state index contributed by atoms with van der Waals surface area (Å²) in [5.74, 6) is 0.332. The van der Waals surface area contributed by atoms with E-state index in [4.69, 9.17) is 21.4 Å². The molecule has 1 aromatic heterocycles. The van der Waals surface area contributed by atoms with E-state index in [0.29, 0.717) is 28.3 Å². The smallest absolute Gasteiger partial charge is 0.313 e. The van der Waals surface area contributed by atoms with Gasteiger partial charge in [0.05, 0.1) is 5.75 Å². The van der Waals surface area contributed by atoms with E-state index in [1.165, 1.54) is 0 Å². The zero-order chi connectivity index (χ0) is 16.8. The molecule has 1 heterocycles. The van der Waals surface area contributed by atoms with Crippen LogP contribution in [0.4, 0.5) is 0 Å². The number of aryl methyl sites for hydroxylation is 1. The lowest BCUT2D eigenvalue weighted by Gasteiger charge is -2.10. The zero-order valence-corrected chi connectivity index (χ0v) is 14.1. The first-order valence-electron chi connectivity index (χ1n) is 6.77. The van der Waals surface area contributed by atoms with E-state index in [2.05, 4.69) is 16.8 Å². The summed E-state index contributed by atoms with van der Waals surface area (Å²) in [6, 6.07) is 5.37. The van der Waals surface area contributed by atoms with Crippen molar-refractivity contribution in [3.8, 4) is 5.75 Å². The molecule has 0 aliphatic rings. The summed E-state index contributed by atoms with van der Waals surface area (Å²) in [6.45, 7) is 6.30. The molecule has 8 heteroatoms. The maximum atomic E-state index is 10.7. The summed E-state index contributed by atoms with van der Waals surface area (Å²) in [6.07, 6.45) is 1.70. The van der Waals surface area contributed by atoms with Crippen LogP contribution in [0.5, 0.6) is 5.75 Å². The molecule has 0 aliphatic heterocycles. The number of aromatic nitrogens is 3. The van der Waals surface area contributed by atoms with Crippen molar-refractivity contribution >= 4 is 29.3 Å². The summed E-state index contributed by atoms with van der Waals surface area (Å²) in [5.41, 5.74) is 0.924. The second-order valence-corrected chi connectivity index (χ2v) is 6.06. The van der Waals surface area contributed by atoms with Crippen molar-refractivity contribution < 1.29 is 14.6 Å². The Bertz CT molecular complexity index is 718. The van der Waals surface area contributed by atoms with E-state index in [1.54, 1.807) is 22.8 Å². The van der Waals surface area contributed by atoms with Crippen LogP contribution in [0.15, 0.2) is 36.0 Å². The van der Waals surface area contributed by atoms with Crippen molar-refractivity contribution in [2.45, 2.75) is 25.2 Å². The predicted octanol–water partition coefficient (Wildman–Crippen LogP) is 3.18. The molecule has 0 bridgehead atoms. The third kappa shape index (κ3) is 4.74. The SMILES string of the molecule is C=CCn1c(COc2ccc(Cl)cc2C)nnc1SCC(=O)O. The van der Waals surface area contributed by atoms with Gasteiger partial charge < -0.3 is 9.84 Å². The molecule has 6 nitrogen and oxygen atoms in total. The van der Waals surface area contributed by atoms with Gasteiger partial charge in [-0.15, -0.1) is 16.8 Å². The Labute approximate surface area is 143 Å². The minimum Gasteiger partial charge on any atom is -0.485 e. The molecular weight excluding hydrogens is 338 g/mol. The number of rotatable bonds is 8. The van der Waals surface area contributed by atoms with Crippen molar-refractivity contribution in [2.75, 3.05) is 5.75 Å². The standard InChI is InChI=1S/C15H16ClN3O3S/c1-3-6-19-13(17-18-15(19)23-9-14(20)21)8-22-12-5-4-11(16)7-10(12)2/h3-5,7H,1,6,8-9H2,2H3,(H,20,21). The predicted molar refractivity (Wildman–Crippen MR) is 89.1 cm³/mol. The molecule has 0 saturated heterocycles. The van der Waals surface area contributed by atoms with Gasteiger partial charge in [-0.05, 0) is 30.7 Å². The molecule has 0 unspecified atom stereocenters. The Balaban J connectivity index is 2.12. The maximum Gasteiger partial charge on any atom is 0.313 e. The van der Waals surface area contributed by atoms with Crippen LogP contribution in [0.3, 0.4) is 0 Å². The normalized spacial score (nSPS) is 10.5. The third-order valence-electron chi connectivity index (χ3n) is 2.92. The fourth-order valence-electron chi connectivity index (χ4n) is 1.89. The molecule has 1 N–H and O–H groups in total. The van der Waals surface area contributed by atoms with Crippen molar-refractivity contribution in [1.29, 1.82) is 0 Å². The van der Waals surface area contributed by atoms with Crippen LogP contribution in [0.2, 0.25) is 5.02 Å². The number of ether oxygens (including phenoxy) is 1. The van der Waals surface area contributed by atoms with Crippen molar-refractivity contribution in [2.24, 2.45) is 0 Å². The summed E-state index contributed by atoms with van der Waals surface area (Å²) in [4.78, 5) is 10.7. The summed E-state index contributed by atoms with van der Waals surface area (Å²) < 4.78 is 7.55. The zero-order valence-electron chi connectivity index (χ0n) is 12.5. The van der Waals surface area contributed by atoms with Crippen LogP contribution in [-0.4, -0.2) is 31.6 Å². The molecule has 0 saturated carbocycles. The van der Waals surface area contributed by atoms with Gasteiger partial charge in [-0.2, -0.15) is 0 Å². The van der Waals surface area contributed by atoms with Gasteiger partial charge in [-0.1, -0.05) is 29.4 Å². The first-order valence-corrected chi connectivity index (χ1v) is 8.14. The molecule has 122 valence electrons. The van der Waals surface area contributed by atoms with Crippen LogP contribution < -0.4 is 4.74 Å². The van der Waals surface area contributed by atoms with E-state index in [1.807, 2.05) is 13.0 Å². The van der Waals surface area contributed by atoms with Crippen LogP contribution in [0.25, 0.3) is 0 Å². The molecule has 23 heavy (non-hydrogen) atoms. The molecule has 0 aliphatic carbocycles. The van der Waals surface area contributed by atoms with Gasteiger partial charge in [0.2, 0.25) is 0 Å². The van der Waals surface area contributed by atoms with Crippen molar-refractivity contribution in [1.82, 2.24) is 14.8 Å². The van der Waals surface area contributed by atoms with E-state index in [-0.39, 0.29) is 12.4 Å². The lowest BCUT2D eigenvalue weighted by atomic mass is 10.2. The van der Waals surface area contributed by atoms with Gasteiger partial charge in [0.25, 0.3) is 0 Å². The van der Waals surface area contributed by atoms with Crippen LogP contribution in [0, 0.1) is 6.92 Å².